The van der Waals surface area contributed by atoms with Gasteiger partial charge in [0.05, 0.1) is 4.90 Å². The predicted octanol–water partition coefficient (Wildman–Crippen LogP) is 1.77. The number of nitrogens with zero attached hydrogens (tertiary/aromatic N) is 2. The standard InChI is InChI=1S/C15H20N2O3S/c1-12(18)17-10-7-13-11-14(5-6-15(13)17)21(19,20)16-8-3-2-4-9-16/h5-6,11H,2-4,7-10H2,1H3. The summed E-state index contributed by atoms with van der Waals surface area (Å²) in [5.74, 6) is 0.000359. The van der Waals surface area contributed by atoms with Crippen LogP contribution in [0.1, 0.15) is 31.7 Å². The lowest BCUT2D eigenvalue weighted by atomic mass is 10.2. The van der Waals surface area contributed by atoms with E-state index in [0.29, 0.717) is 24.5 Å². The monoisotopic (exact) mass is 308 g/mol. The third-order valence-corrected chi connectivity index (χ3v) is 6.17. The maximum absolute atomic E-state index is 12.6. The molecule has 114 valence electrons. The molecule has 5 nitrogen and oxygen atoms in total. The average molecular weight is 308 g/mol. The lowest BCUT2D eigenvalue weighted by Gasteiger charge is -2.26. The first kappa shape index (κ1) is 14.5. The van der Waals surface area contributed by atoms with Crippen molar-refractivity contribution in [1.29, 1.82) is 0 Å². The number of rotatable bonds is 2. The van der Waals surface area contributed by atoms with E-state index >= 15 is 0 Å². The first-order valence-electron chi connectivity index (χ1n) is 7.41. The number of sulfonamides is 1. The van der Waals surface area contributed by atoms with Crippen molar-refractivity contribution in [2.45, 2.75) is 37.5 Å². The summed E-state index contributed by atoms with van der Waals surface area (Å²) in [4.78, 5) is 13.6. The Hall–Kier alpha value is -1.40. The Kier molecular flexibility index (Phi) is 3.75. The molecule has 0 unspecified atom stereocenters. The van der Waals surface area contributed by atoms with E-state index in [1.165, 1.54) is 6.92 Å². The van der Waals surface area contributed by atoms with Gasteiger partial charge in [0.1, 0.15) is 0 Å². The molecule has 2 heterocycles. The van der Waals surface area contributed by atoms with E-state index in [4.69, 9.17) is 0 Å². The lowest BCUT2D eigenvalue weighted by molar-refractivity contribution is -0.116. The maximum atomic E-state index is 12.6. The van der Waals surface area contributed by atoms with Crippen molar-refractivity contribution in [2.75, 3.05) is 24.5 Å². The van der Waals surface area contributed by atoms with Gasteiger partial charge in [-0.05, 0) is 43.0 Å². The molecular formula is C15H20N2O3S. The first-order chi connectivity index (χ1) is 10.00. The largest absolute Gasteiger partial charge is 0.312 e. The minimum atomic E-state index is -3.39. The summed E-state index contributed by atoms with van der Waals surface area (Å²) in [6.07, 6.45) is 3.69. The Bertz CT molecular complexity index is 663. The number of carbonyl (C=O) groups excluding carboxylic acids is 1. The van der Waals surface area contributed by atoms with Crippen LogP contribution >= 0.6 is 0 Å². The minimum Gasteiger partial charge on any atom is -0.312 e. The van der Waals surface area contributed by atoms with Gasteiger partial charge in [0, 0.05) is 32.2 Å². The molecule has 1 aromatic rings. The molecule has 0 N–H and O–H groups in total. The van der Waals surface area contributed by atoms with E-state index in [2.05, 4.69) is 0 Å². The highest BCUT2D eigenvalue weighted by Gasteiger charge is 2.29. The van der Waals surface area contributed by atoms with Crippen LogP contribution in [0.2, 0.25) is 0 Å². The Morgan fingerprint density at radius 3 is 2.48 bits per heavy atom. The molecule has 0 bridgehead atoms. The number of amides is 1. The number of piperidine rings is 1. The number of fused-ring (bicyclic) bond motifs is 1. The second kappa shape index (κ2) is 5.42. The summed E-state index contributed by atoms with van der Waals surface area (Å²) < 4.78 is 26.9. The smallest absolute Gasteiger partial charge is 0.243 e. The number of hydrogen-bond donors (Lipinski definition) is 0. The molecule has 0 aromatic heterocycles. The zero-order valence-corrected chi connectivity index (χ0v) is 13.0. The summed E-state index contributed by atoms with van der Waals surface area (Å²) in [6, 6.07) is 5.13. The van der Waals surface area contributed by atoms with E-state index in [0.717, 1.165) is 36.9 Å². The van der Waals surface area contributed by atoms with Crippen LogP contribution in [-0.4, -0.2) is 38.3 Å². The van der Waals surface area contributed by atoms with Gasteiger partial charge in [-0.2, -0.15) is 4.31 Å². The average Bonchev–Trinajstić information content (AvgIpc) is 2.91. The summed E-state index contributed by atoms with van der Waals surface area (Å²) in [5.41, 5.74) is 1.79. The molecule has 1 aromatic carbocycles. The van der Waals surface area contributed by atoms with Crippen molar-refractivity contribution >= 4 is 21.6 Å². The number of carbonyl (C=O) groups is 1. The zero-order valence-electron chi connectivity index (χ0n) is 12.2. The summed E-state index contributed by atoms with van der Waals surface area (Å²) in [6.45, 7) is 3.39. The van der Waals surface area contributed by atoms with Gasteiger partial charge in [0.15, 0.2) is 0 Å². The van der Waals surface area contributed by atoms with Gasteiger partial charge in [0.25, 0.3) is 0 Å². The van der Waals surface area contributed by atoms with Gasteiger partial charge in [-0.1, -0.05) is 6.42 Å². The third kappa shape index (κ3) is 2.58. The fourth-order valence-electron chi connectivity index (χ4n) is 3.12. The second-order valence-electron chi connectivity index (χ2n) is 5.68. The van der Waals surface area contributed by atoms with E-state index in [9.17, 15) is 13.2 Å². The van der Waals surface area contributed by atoms with Crippen molar-refractivity contribution in [1.82, 2.24) is 4.31 Å². The van der Waals surface area contributed by atoms with E-state index < -0.39 is 10.0 Å². The van der Waals surface area contributed by atoms with Crippen LogP contribution < -0.4 is 4.90 Å². The SMILES string of the molecule is CC(=O)N1CCc2cc(S(=O)(=O)N3CCCCC3)ccc21. The van der Waals surface area contributed by atoms with Crippen molar-refractivity contribution in [3.63, 3.8) is 0 Å². The van der Waals surface area contributed by atoms with Gasteiger partial charge in [0.2, 0.25) is 15.9 Å². The van der Waals surface area contributed by atoms with E-state index in [1.807, 2.05) is 0 Å². The fraction of sp³-hybridized carbons (Fsp3) is 0.533. The highest BCUT2D eigenvalue weighted by molar-refractivity contribution is 7.89. The van der Waals surface area contributed by atoms with Crippen LogP contribution in [0.25, 0.3) is 0 Å². The molecule has 2 aliphatic heterocycles. The Morgan fingerprint density at radius 1 is 1.10 bits per heavy atom. The second-order valence-corrected chi connectivity index (χ2v) is 7.61. The van der Waals surface area contributed by atoms with Crippen molar-refractivity contribution in [2.24, 2.45) is 0 Å². The summed E-state index contributed by atoms with van der Waals surface area (Å²) >= 11 is 0. The normalized spacial score (nSPS) is 19.6. The van der Waals surface area contributed by atoms with Gasteiger partial charge in [-0.25, -0.2) is 8.42 Å². The molecule has 1 fully saturated rings. The molecule has 0 spiro atoms. The number of anilines is 1. The van der Waals surface area contributed by atoms with Crippen molar-refractivity contribution < 1.29 is 13.2 Å². The molecule has 0 radical (unpaired) electrons. The van der Waals surface area contributed by atoms with Gasteiger partial charge in [-0.3, -0.25) is 4.79 Å². The van der Waals surface area contributed by atoms with Crippen LogP contribution in [0.5, 0.6) is 0 Å². The van der Waals surface area contributed by atoms with Gasteiger partial charge >= 0.3 is 0 Å². The molecule has 0 aliphatic carbocycles. The first-order valence-corrected chi connectivity index (χ1v) is 8.85. The van der Waals surface area contributed by atoms with E-state index in [1.54, 1.807) is 27.4 Å². The predicted molar refractivity (Wildman–Crippen MR) is 80.8 cm³/mol. The maximum Gasteiger partial charge on any atom is 0.243 e. The highest BCUT2D eigenvalue weighted by atomic mass is 32.2. The molecule has 1 saturated heterocycles. The van der Waals surface area contributed by atoms with Crippen LogP contribution in [-0.2, 0) is 21.2 Å². The lowest BCUT2D eigenvalue weighted by Crippen LogP contribution is -2.35. The molecule has 0 saturated carbocycles. The molecule has 21 heavy (non-hydrogen) atoms. The van der Waals surface area contributed by atoms with Crippen LogP contribution in [0, 0.1) is 0 Å². The summed E-state index contributed by atoms with van der Waals surface area (Å²) in [5, 5.41) is 0. The zero-order chi connectivity index (χ0) is 15.0. The number of benzene rings is 1. The summed E-state index contributed by atoms with van der Waals surface area (Å²) in [7, 11) is -3.39. The van der Waals surface area contributed by atoms with Gasteiger partial charge < -0.3 is 4.90 Å². The third-order valence-electron chi connectivity index (χ3n) is 4.28. The molecule has 6 heteroatoms. The Morgan fingerprint density at radius 2 is 1.81 bits per heavy atom. The Balaban J connectivity index is 1.92. The minimum absolute atomic E-state index is 0.000359. The quantitative estimate of drug-likeness (QED) is 0.836. The van der Waals surface area contributed by atoms with Crippen molar-refractivity contribution in [3.8, 4) is 0 Å². The van der Waals surface area contributed by atoms with Crippen LogP contribution in [0.3, 0.4) is 0 Å². The molecular weight excluding hydrogens is 288 g/mol. The Labute approximate surface area is 125 Å². The van der Waals surface area contributed by atoms with Crippen LogP contribution in [0.15, 0.2) is 23.1 Å². The van der Waals surface area contributed by atoms with Gasteiger partial charge in [-0.15, -0.1) is 0 Å². The molecule has 0 atom stereocenters. The van der Waals surface area contributed by atoms with Crippen LogP contribution in [0.4, 0.5) is 5.69 Å². The van der Waals surface area contributed by atoms with E-state index in [-0.39, 0.29) is 5.91 Å². The highest BCUT2D eigenvalue weighted by Crippen LogP contribution is 2.31. The molecule has 1 amide bonds. The molecule has 2 aliphatic rings. The number of hydrogen-bond acceptors (Lipinski definition) is 3. The molecule has 3 rings (SSSR count). The topological polar surface area (TPSA) is 57.7 Å². The van der Waals surface area contributed by atoms with Crippen molar-refractivity contribution in [3.05, 3.63) is 23.8 Å². The fourth-order valence-corrected chi connectivity index (χ4v) is 4.69.